The molecule has 0 radical (unpaired) electrons. The van der Waals surface area contributed by atoms with E-state index in [0.29, 0.717) is 36.0 Å². The minimum absolute atomic E-state index is 0. The van der Waals surface area contributed by atoms with Crippen molar-refractivity contribution in [3.05, 3.63) is 22.7 Å². The molecule has 0 aliphatic rings. The monoisotopic (exact) mass is 363 g/mol. The Kier molecular flexibility index (Phi) is 10.4. The number of nitrogens with one attached hydrogen (secondary N) is 3. The zero-order valence-electron chi connectivity index (χ0n) is 13.5. The molecule has 0 spiro atoms. The molecular weight excluding hydrogens is 341 g/mol. The second-order valence-corrected chi connectivity index (χ2v) is 5.21. The second-order valence-electron chi connectivity index (χ2n) is 4.80. The number of anilines is 1. The highest BCUT2D eigenvalue weighted by Crippen LogP contribution is 2.30. The number of halogens is 2. The maximum absolute atomic E-state index is 11.9. The zero-order valence-corrected chi connectivity index (χ0v) is 15.1. The Hall–Kier alpha value is -1.50. The Morgan fingerprint density at radius 3 is 2.43 bits per heavy atom. The van der Waals surface area contributed by atoms with Gasteiger partial charge in [0.2, 0.25) is 11.8 Å². The number of hydrogen-bond donors (Lipinski definition) is 3. The van der Waals surface area contributed by atoms with Crippen molar-refractivity contribution in [2.45, 2.75) is 19.8 Å². The molecule has 23 heavy (non-hydrogen) atoms. The fraction of sp³-hybridized carbons (Fsp3) is 0.467. The minimum atomic E-state index is -0.200. The molecular formula is C15H23Cl2N3O3. The second kappa shape index (κ2) is 11.1. The van der Waals surface area contributed by atoms with Crippen LogP contribution in [0.5, 0.6) is 5.75 Å². The van der Waals surface area contributed by atoms with Gasteiger partial charge in [-0.2, -0.15) is 0 Å². The van der Waals surface area contributed by atoms with Gasteiger partial charge in [0.15, 0.2) is 0 Å². The molecule has 130 valence electrons. The standard InChI is InChI=1S/C15H22ClN3O3.ClH/c1-10-8-12(13(22-3)9-11(10)16)19-15(21)5-7-18-14(20)4-6-17-2;/h8-9,17H,4-7H2,1-3H3,(H,18,20)(H,19,21);1H. The van der Waals surface area contributed by atoms with Gasteiger partial charge in [-0.15, -0.1) is 12.4 Å². The van der Waals surface area contributed by atoms with E-state index in [1.165, 1.54) is 7.11 Å². The highest BCUT2D eigenvalue weighted by atomic mass is 35.5. The molecule has 0 aliphatic carbocycles. The first-order valence-corrected chi connectivity index (χ1v) is 7.41. The van der Waals surface area contributed by atoms with Crippen LogP contribution in [0.3, 0.4) is 0 Å². The normalized spacial score (nSPS) is 9.74. The molecule has 0 bridgehead atoms. The van der Waals surface area contributed by atoms with E-state index in [9.17, 15) is 9.59 Å². The molecule has 2 amide bonds. The topological polar surface area (TPSA) is 79.5 Å². The summed E-state index contributed by atoms with van der Waals surface area (Å²) in [5, 5.41) is 8.92. The van der Waals surface area contributed by atoms with E-state index in [1.807, 2.05) is 6.92 Å². The van der Waals surface area contributed by atoms with Crippen molar-refractivity contribution in [1.82, 2.24) is 10.6 Å². The van der Waals surface area contributed by atoms with Gasteiger partial charge in [0.05, 0.1) is 12.8 Å². The Morgan fingerprint density at radius 2 is 1.83 bits per heavy atom. The van der Waals surface area contributed by atoms with E-state index in [4.69, 9.17) is 16.3 Å². The van der Waals surface area contributed by atoms with Crippen LogP contribution in [0.25, 0.3) is 0 Å². The van der Waals surface area contributed by atoms with Gasteiger partial charge in [0.25, 0.3) is 0 Å². The van der Waals surface area contributed by atoms with Crippen LogP contribution in [0.1, 0.15) is 18.4 Å². The third kappa shape index (κ3) is 7.54. The Labute approximate surface area is 147 Å². The first-order chi connectivity index (χ1) is 10.5. The average molecular weight is 364 g/mol. The molecule has 0 saturated heterocycles. The summed E-state index contributed by atoms with van der Waals surface area (Å²) in [7, 11) is 3.29. The number of carbonyl (C=O) groups is 2. The maximum atomic E-state index is 11.9. The lowest BCUT2D eigenvalue weighted by molar-refractivity contribution is -0.121. The van der Waals surface area contributed by atoms with Gasteiger partial charge in [0.1, 0.15) is 5.75 Å². The van der Waals surface area contributed by atoms with Crippen LogP contribution < -0.4 is 20.7 Å². The van der Waals surface area contributed by atoms with Gasteiger partial charge < -0.3 is 20.7 Å². The van der Waals surface area contributed by atoms with Gasteiger partial charge in [0, 0.05) is 37.0 Å². The van der Waals surface area contributed by atoms with Crippen LogP contribution in [0.15, 0.2) is 12.1 Å². The molecule has 1 aromatic rings. The van der Waals surface area contributed by atoms with Crippen LogP contribution in [0, 0.1) is 6.92 Å². The number of hydrogen-bond acceptors (Lipinski definition) is 4. The zero-order chi connectivity index (χ0) is 16.5. The molecule has 8 heteroatoms. The lowest BCUT2D eigenvalue weighted by Crippen LogP contribution is -2.29. The van der Waals surface area contributed by atoms with Crippen molar-refractivity contribution in [3.63, 3.8) is 0 Å². The van der Waals surface area contributed by atoms with Crippen LogP contribution in [-0.2, 0) is 9.59 Å². The van der Waals surface area contributed by atoms with Crippen LogP contribution in [-0.4, -0.2) is 39.1 Å². The van der Waals surface area contributed by atoms with Crippen LogP contribution >= 0.6 is 24.0 Å². The van der Waals surface area contributed by atoms with Gasteiger partial charge in [-0.1, -0.05) is 11.6 Å². The van der Waals surface area contributed by atoms with E-state index in [1.54, 1.807) is 19.2 Å². The average Bonchev–Trinajstić information content (AvgIpc) is 2.48. The third-order valence-electron chi connectivity index (χ3n) is 3.03. The molecule has 0 saturated carbocycles. The Bertz CT molecular complexity index is 539. The lowest BCUT2D eigenvalue weighted by Gasteiger charge is -2.12. The van der Waals surface area contributed by atoms with E-state index < -0.39 is 0 Å². The first kappa shape index (κ1) is 21.5. The molecule has 0 aliphatic heterocycles. The van der Waals surface area contributed by atoms with E-state index in [-0.39, 0.29) is 30.6 Å². The summed E-state index contributed by atoms with van der Waals surface area (Å²) < 4.78 is 5.19. The largest absolute Gasteiger partial charge is 0.495 e. The summed E-state index contributed by atoms with van der Waals surface area (Å²) in [6.45, 7) is 2.75. The molecule has 6 nitrogen and oxygen atoms in total. The maximum Gasteiger partial charge on any atom is 0.226 e. The van der Waals surface area contributed by atoms with Crippen molar-refractivity contribution < 1.29 is 14.3 Å². The molecule has 0 unspecified atom stereocenters. The number of ether oxygens (including phenoxy) is 1. The number of aryl methyl sites for hydroxylation is 1. The van der Waals surface area contributed by atoms with Gasteiger partial charge >= 0.3 is 0 Å². The van der Waals surface area contributed by atoms with Crippen LogP contribution in [0.4, 0.5) is 5.69 Å². The van der Waals surface area contributed by atoms with Crippen molar-refractivity contribution in [2.75, 3.05) is 32.6 Å². The highest BCUT2D eigenvalue weighted by molar-refractivity contribution is 6.31. The summed E-state index contributed by atoms with van der Waals surface area (Å²) in [6, 6.07) is 3.41. The van der Waals surface area contributed by atoms with Gasteiger partial charge in [-0.05, 0) is 25.6 Å². The van der Waals surface area contributed by atoms with Crippen molar-refractivity contribution in [3.8, 4) is 5.75 Å². The molecule has 0 aromatic heterocycles. The number of methoxy groups -OCH3 is 1. The molecule has 0 fully saturated rings. The summed E-state index contributed by atoms with van der Waals surface area (Å²) in [6.07, 6.45) is 0.582. The Morgan fingerprint density at radius 1 is 1.17 bits per heavy atom. The van der Waals surface area contributed by atoms with Crippen LogP contribution in [0.2, 0.25) is 5.02 Å². The Balaban J connectivity index is 0.00000484. The fourth-order valence-electron chi connectivity index (χ4n) is 1.78. The quantitative estimate of drug-likeness (QED) is 0.660. The van der Waals surface area contributed by atoms with E-state index in [0.717, 1.165) is 5.56 Å². The first-order valence-electron chi connectivity index (χ1n) is 7.03. The molecule has 3 N–H and O–H groups in total. The number of carbonyl (C=O) groups excluding carboxylic acids is 2. The molecule has 0 atom stereocenters. The summed E-state index contributed by atoms with van der Waals surface area (Å²) in [5.74, 6) is 0.220. The number of rotatable bonds is 8. The van der Waals surface area contributed by atoms with Gasteiger partial charge in [-0.3, -0.25) is 9.59 Å². The summed E-state index contributed by atoms with van der Waals surface area (Å²) >= 11 is 6.02. The van der Waals surface area contributed by atoms with Crippen molar-refractivity contribution in [2.24, 2.45) is 0 Å². The summed E-state index contributed by atoms with van der Waals surface area (Å²) in [5.41, 5.74) is 1.41. The third-order valence-corrected chi connectivity index (χ3v) is 3.44. The predicted molar refractivity (Wildman–Crippen MR) is 94.8 cm³/mol. The van der Waals surface area contributed by atoms with E-state index in [2.05, 4.69) is 16.0 Å². The van der Waals surface area contributed by atoms with Crippen molar-refractivity contribution >= 4 is 41.5 Å². The van der Waals surface area contributed by atoms with E-state index >= 15 is 0 Å². The SMILES string of the molecule is CNCCC(=O)NCCC(=O)Nc1cc(C)c(Cl)cc1OC.Cl. The smallest absolute Gasteiger partial charge is 0.226 e. The lowest BCUT2D eigenvalue weighted by atomic mass is 10.2. The molecule has 0 heterocycles. The fourth-order valence-corrected chi connectivity index (χ4v) is 1.94. The summed E-state index contributed by atoms with van der Waals surface area (Å²) in [4.78, 5) is 23.3. The van der Waals surface area contributed by atoms with Crippen molar-refractivity contribution in [1.29, 1.82) is 0 Å². The molecule has 1 aromatic carbocycles. The predicted octanol–water partition coefficient (Wildman–Crippen LogP) is 2.13. The minimum Gasteiger partial charge on any atom is -0.495 e. The van der Waals surface area contributed by atoms with Gasteiger partial charge in [-0.25, -0.2) is 0 Å². The number of benzene rings is 1. The molecule has 1 rings (SSSR count). The highest BCUT2D eigenvalue weighted by Gasteiger charge is 2.10. The number of amides is 2.